The summed E-state index contributed by atoms with van der Waals surface area (Å²) in [5.74, 6) is 8.74. The van der Waals surface area contributed by atoms with Crippen molar-refractivity contribution in [2.75, 3.05) is 13.7 Å². The molecule has 0 spiro atoms. The third-order valence-corrected chi connectivity index (χ3v) is 6.28. The van der Waals surface area contributed by atoms with Gasteiger partial charge in [-0.25, -0.2) is 5.01 Å². The molecule has 5 rings (SSSR count). The van der Waals surface area contributed by atoms with Gasteiger partial charge in [0.05, 0.1) is 18.8 Å². The molecule has 0 saturated carbocycles. The quantitative estimate of drug-likeness (QED) is 0.690. The third-order valence-electron chi connectivity index (χ3n) is 6.28. The molecule has 1 saturated heterocycles. The van der Waals surface area contributed by atoms with Gasteiger partial charge < -0.3 is 4.74 Å². The van der Waals surface area contributed by atoms with Crippen LogP contribution in [0.2, 0.25) is 0 Å². The Morgan fingerprint density at radius 3 is 2.86 bits per heavy atom. The first-order chi connectivity index (χ1) is 14.2. The van der Waals surface area contributed by atoms with Gasteiger partial charge in [-0.05, 0) is 70.9 Å². The Morgan fingerprint density at radius 2 is 2.03 bits per heavy atom. The Kier molecular flexibility index (Phi) is 4.77. The fourth-order valence-corrected chi connectivity index (χ4v) is 4.91. The van der Waals surface area contributed by atoms with Crippen molar-refractivity contribution in [3.8, 4) is 11.4 Å². The summed E-state index contributed by atoms with van der Waals surface area (Å²) >= 11 is 0. The zero-order chi connectivity index (χ0) is 19.8. The number of benzene rings is 2. The van der Waals surface area contributed by atoms with Crippen LogP contribution < -0.4 is 10.6 Å². The van der Waals surface area contributed by atoms with Crippen LogP contribution in [0.25, 0.3) is 5.69 Å². The Hall–Kier alpha value is -2.77. The number of piperidine rings is 1. The van der Waals surface area contributed by atoms with Gasteiger partial charge >= 0.3 is 0 Å². The first-order valence-electron chi connectivity index (χ1n) is 10.3. The van der Waals surface area contributed by atoms with Crippen LogP contribution in [0.3, 0.4) is 0 Å². The zero-order valence-electron chi connectivity index (χ0n) is 16.7. The molecule has 0 unspecified atom stereocenters. The van der Waals surface area contributed by atoms with Crippen molar-refractivity contribution < 1.29 is 4.74 Å². The molecule has 1 aromatic heterocycles. The van der Waals surface area contributed by atoms with Crippen LogP contribution in [0.15, 0.2) is 42.5 Å². The van der Waals surface area contributed by atoms with E-state index in [9.17, 15) is 0 Å². The number of nitrogens with zero attached hydrogens (tertiary/aromatic N) is 5. The molecular weight excluding hydrogens is 364 g/mol. The van der Waals surface area contributed by atoms with Crippen LogP contribution in [0.4, 0.5) is 0 Å². The molecule has 7 nitrogen and oxygen atoms in total. The lowest BCUT2D eigenvalue weighted by Crippen LogP contribution is -2.44. The van der Waals surface area contributed by atoms with Gasteiger partial charge in [0.1, 0.15) is 5.75 Å². The lowest BCUT2D eigenvalue weighted by Gasteiger charge is -2.39. The van der Waals surface area contributed by atoms with Crippen molar-refractivity contribution in [1.82, 2.24) is 25.2 Å². The van der Waals surface area contributed by atoms with Gasteiger partial charge in [0.15, 0.2) is 5.82 Å². The topological polar surface area (TPSA) is 82.1 Å². The van der Waals surface area contributed by atoms with Crippen LogP contribution >= 0.6 is 0 Å². The van der Waals surface area contributed by atoms with E-state index in [1.165, 1.54) is 16.7 Å². The maximum atomic E-state index is 6.46. The third kappa shape index (κ3) is 3.30. The van der Waals surface area contributed by atoms with Crippen molar-refractivity contribution in [2.45, 2.75) is 38.1 Å². The summed E-state index contributed by atoms with van der Waals surface area (Å²) in [6.07, 6.45) is 4.93. The molecule has 2 aliphatic rings. The molecule has 2 N–H and O–H groups in total. The van der Waals surface area contributed by atoms with Gasteiger partial charge in [0, 0.05) is 13.0 Å². The number of hydrogen-bond acceptors (Lipinski definition) is 6. The minimum Gasteiger partial charge on any atom is -0.496 e. The molecule has 0 aliphatic carbocycles. The standard InChI is InChI=1S/C22H26N6O/c1-29-20-14-16-9-10-21-24-25-26-28(21)19(16)13-18(20)12-17-8-5-11-27(23)22(17)15-6-3-2-4-7-15/h2-4,6-7,13-14,17,22H,5,8-12,23H2,1H3/t17-,22+/m0/s1. The van der Waals surface area contributed by atoms with Crippen molar-refractivity contribution in [1.29, 1.82) is 0 Å². The molecule has 1 fully saturated rings. The summed E-state index contributed by atoms with van der Waals surface area (Å²) in [6.45, 7) is 0.922. The van der Waals surface area contributed by atoms with Crippen LogP contribution in [-0.2, 0) is 19.3 Å². The molecule has 0 radical (unpaired) electrons. The average molecular weight is 390 g/mol. The zero-order valence-corrected chi connectivity index (χ0v) is 16.7. The molecule has 0 bridgehead atoms. The van der Waals surface area contributed by atoms with E-state index in [0.717, 1.165) is 55.9 Å². The fourth-order valence-electron chi connectivity index (χ4n) is 4.91. The van der Waals surface area contributed by atoms with E-state index in [1.54, 1.807) is 7.11 Å². The minimum absolute atomic E-state index is 0.203. The molecule has 150 valence electrons. The Morgan fingerprint density at radius 1 is 1.17 bits per heavy atom. The number of nitrogens with two attached hydrogens (primary N) is 1. The van der Waals surface area contributed by atoms with E-state index in [2.05, 4.69) is 58.0 Å². The Labute approximate surface area is 170 Å². The summed E-state index contributed by atoms with van der Waals surface area (Å²) in [7, 11) is 1.75. The number of tetrazole rings is 1. The van der Waals surface area contributed by atoms with Crippen LogP contribution in [0.1, 0.15) is 41.4 Å². The first-order valence-corrected chi connectivity index (χ1v) is 10.3. The summed E-state index contributed by atoms with van der Waals surface area (Å²) < 4.78 is 7.65. The van der Waals surface area contributed by atoms with Gasteiger partial charge in [0.25, 0.3) is 0 Å². The molecule has 29 heavy (non-hydrogen) atoms. The predicted molar refractivity (Wildman–Crippen MR) is 110 cm³/mol. The predicted octanol–water partition coefficient (Wildman–Crippen LogP) is 2.64. The highest BCUT2D eigenvalue weighted by atomic mass is 16.5. The van der Waals surface area contributed by atoms with Crippen molar-refractivity contribution in [2.24, 2.45) is 11.8 Å². The molecule has 2 aromatic carbocycles. The van der Waals surface area contributed by atoms with E-state index in [0.29, 0.717) is 5.92 Å². The van der Waals surface area contributed by atoms with Crippen molar-refractivity contribution in [3.63, 3.8) is 0 Å². The normalized spacial score (nSPS) is 21.4. The summed E-state index contributed by atoms with van der Waals surface area (Å²) in [5, 5.41) is 14.2. The van der Waals surface area contributed by atoms with Crippen LogP contribution in [-0.4, -0.2) is 38.9 Å². The number of hydrazine groups is 1. The van der Waals surface area contributed by atoms with E-state index < -0.39 is 0 Å². The van der Waals surface area contributed by atoms with Crippen LogP contribution in [0.5, 0.6) is 5.75 Å². The van der Waals surface area contributed by atoms with Crippen LogP contribution in [0, 0.1) is 5.92 Å². The van der Waals surface area contributed by atoms with E-state index in [-0.39, 0.29) is 6.04 Å². The minimum atomic E-state index is 0.203. The monoisotopic (exact) mass is 390 g/mol. The van der Waals surface area contributed by atoms with E-state index in [1.807, 2.05) is 9.69 Å². The molecule has 7 heteroatoms. The second kappa shape index (κ2) is 7.57. The second-order valence-electron chi connectivity index (χ2n) is 8.00. The van der Waals surface area contributed by atoms with Gasteiger partial charge in [-0.2, -0.15) is 4.68 Å². The SMILES string of the molecule is COc1cc2c(cc1C[C@@H]1CCCN(N)[C@@H]1c1ccccc1)-n1nnnc1CC2. The Balaban J connectivity index is 1.51. The molecule has 0 amide bonds. The highest BCUT2D eigenvalue weighted by Crippen LogP contribution is 2.39. The molecule has 2 atom stereocenters. The van der Waals surface area contributed by atoms with Crippen molar-refractivity contribution >= 4 is 0 Å². The highest BCUT2D eigenvalue weighted by molar-refractivity contribution is 5.52. The lowest BCUT2D eigenvalue weighted by atomic mass is 9.81. The summed E-state index contributed by atoms with van der Waals surface area (Å²) in [5.41, 5.74) is 4.77. The van der Waals surface area contributed by atoms with Crippen molar-refractivity contribution in [3.05, 3.63) is 65.0 Å². The Bertz CT molecular complexity index is 1000. The number of hydrogen-bond donors (Lipinski definition) is 1. The van der Waals surface area contributed by atoms with Gasteiger partial charge in [-0.1, -0.05) is 30.3 Å². The number of aryl methyl sites for hydroxylation is 2. The lowest BCUT2D eigenvalue weighted by molar-refractivity contribution is 0.0923. The van der Waals surface area contributed by atoms with Gasteiger partial charge in [0.2, 0.25) is 0 Å². The van der Waals surface area contributed by atoms with E-state index >= 15 is 0 Å². The second-order valence-corrected chi connectivity index (χ2v) is 8.00. The fraction of sp³-hybridized carbons (Fsp3) is 0.409. The smallest absolute Gasteiger partial charge is 0.157 e. The summed E-state index contributed by atoms with van der Waals surface area (Å²) in [6, 6.07) is 15.2. The maximum Gasteiger partial charge on any atom is 0.157 e. The number of methoxy groups -OCH3 is 1. The molecule has 3 heterocycles. The number of aromatic nitrogens is 4. The average Bonchev–Trinajstić information content (AvgIpc) is 3.23. The van der Waals surface area contributed by atoms with E-state index in [4.69, 9.17) is 10.6 Å². The first kappa shape index (κ1) is 18.3. The molecular formula is C22H26N6O. The number of ether oxygens (including phenoxy) is 1. The molecule has 3 aromatic rings. The highest BCUT2D eigenvalue weighted by Gasteiger charge is 2.32. The maximum absolute atomic E-state index is 6.46. The van der Waals surface area contributed by atoms with Gasteiger partial charge in [-0.15, -0.1) is 5.10 Å². The largest absolute Gasteiger partial charge is 0.496 e. The number of rotatable bonds is 4. The summed E-state index contributed by atoms with van der Waals surface area (Å²) in [4.78, 5) is 0. The van der Waals surface area contributed by atoms with Gasteiger partial charge in [-0.3, -0.25) is 5.84 Å². The number of fused-ring (bicyclic) bond motifs is 3. The molecule has 2 aliphatic heterocycles.